The summed E-state index contributed by atoms with van der Waals surface area (Å²) in [6.07, 6.45) is -4.28. The molecule has 1 N–H and O–H groups in total. The Balaban J connectivity index is 2.04. The molecule has 150 valence electrons. The van der Waals surface area contributed by atoms with E-state index in [1.165, 1.54) is 17.7 Å². The van der Waals surface area contributed by atoms with Gasteiger partial charge in [0.05, 0.1) is 15.1 Å². The molecule has 1 aromatic heterocycles. The Morgan fingerprint density at radius 2 is 1.85 bits per heavy atom. The van der Waals surface area contributed by atoms with E-state index in [0.717, 1.165) is 0 Å². The Morgan fingerprint density at radius 3 is 2.41 bits per heavy atom. The first kappa shape index (κ1) is 22.2. The first-order chi connectivity index (χ1) is 12.3. The molecule has 2 rings (SSSR count). The van der Waals surface area contributed by atoms with Gasteiger partial charge in [-0.1, -0.05) is 11.6 Å². The van der Waals surface area contributed by atoms with E-state index >= 15 is 0 Å². The Morgan fingerprint density at radius 1 is 1.22 bits per heavy atom. The second-order valence-electron chi connectivity index (χ2n) is 6.09. The number of hydrogen-bond donors (Lipinski definition) is 1. The van der Waals surface area contributed by atoms with Crippen LogP contribution in [0.1, 0.15) is 28.9 Å². The summed E-state index contributed by atoms with van der Waals surface area (Å²) in [7, 11) is -3.75. The molecular weight excluding hydrogens is 471 g/mol. The van der Waals surface area contributed by atoms with Crippen LogP contribution < -0.4 is 4.72 Å². The highest BCUT2D eigenvalue weighted by molar-refractivity contribution is 9.10. The van der Waals surface area contributed by atoms with Crippen molar-refractivity contribution in [1.82, 2.24) is 14.5 Å². The summed E-state index contributed by atoms with van der Waals surface area (Å²) in [6.45, 7) is 5.06. The van der Waals surface area contributed by atoms with Crippen molar-refractivity contribution < 1.29 is 21.6 Å². The van der Waals surface area contributed by atoms with Gasteiger partial charge in [0.25, 0.3) is 0 Å². The lowest BCUT2D eigenvalue weighted by Gasteiger charge is -2.11. The lowest BCUT2D eigenvalue weighted by Crippen LogP contribution is -2.26. The molecular formula is C16H18BrClF3N3O2S. The number of nitrogens with zero attached hydrogens (tertiary/aromatic N) is 2. The molecule has 0 aliphatic carbocycles. The van der Waals surface area contributed by atoms with E-state index in [1.54, 1.807) is 19.9 Å². The highest BCUT2D eigenvalue weighted by Crippen LogP contribution is 2.35. The summed E-state index contributed by atoms with van der Waals surface area (Å²) in [5, 5.41) is 4.04. The van der Waals surface area contributed by atoms with E-state index in [-0.39, 0.29) is 28.9 Å². The predicted molar refractivity (Wildman–Crippen MR) is 100 cm³/mol. The molecule has 0 saturated heterocycles. The molecule has 0 radical (unpaired) electrons. The van der Waals surface area contributed by atoms with Gasteiger partial charge in [0, 0.05) is 18.1 Å². The molecule has 0 amide bonds. The van der Waals surface area contributed by atoms with Crippen LogP contribution in [0, 0.1) is 20.8 Å². The fourth-order valence-corrected chi connectivity index (χ4v) is 4.59. The molecule has 0 bridgehead atoms. The minimum atomic E-state index is -4.56. The number of alkyl halides is 3. The Labute approximate surface area is 169 Å². The molecule has 0 unspecified atom stereocenters. The Kier molecular flexibility index (Phi) is 6.66. The van der Waals surface area contributed by atoms with Crippen LogP contribution in [0.3, 0.4) is 0 Å². The number of aryl methyl sites for hydroxylation is 3. The van der Waals surface area contributed by atoms with Gasteiger partial charge in [0.1, 0.15) is 0 Å². The van der Waals surface area contributed by atoms with Gasteiger partial charge in [0.15, 0.2) is 5.69 Å². The lowest BCUT2D eigenvalue weighted by atomic mass is 10.2. The highest BCUT2D eigenvalue weighted by Gasteiger charge is 2.37. The van der Waals surface area contributed by atoms with Gasteiger partial charge >= 0.3 is 6.18 Å². The molecule has 11 heteroatoms. The zero-order chi connectivity index (χ0) is 20.6. The molecule has 0 atom stereocenters. The maximum atomic E-state index is 12.9. The topological polar surface area (TPSA) is 64.0 Å². The molecule has 0 aliphatic rings. The summed E-state index contributed by atoms with van der Waals surface area (Å²) < 4.78 is 67.1. The minimum Gasteiger partial charge on any atom is -0.268 e. The van der Waals surface area contributed by atoms with E-state index < -0.39 is 21.9 Å². The third kappa shape index (κ3) is 5.04. The van der Waals surface area contributed by atoms with Crippen molar-refractivity contribution in [2.45, 2.75) is 44.8 Å². The number of rotatable bonds is 6. The molecule has 5 nitrogen and oxygen atoms in total. The van der Waals surface area contributed by atoms with Crippen molar-refractivity contribution >= 4 is 37.6 Å². The first-order valence-corrected chi connectivity index (χ1v) is 10.6. The zero-order valence-electron chi connectivity index (χ0n) is 14.8. The summed E-state index contributed by atoms with van der Waals surface area (Å²) >= 11 is 8.89. The monoisotopic (exact) mass is 487 g/mol. The average Bonchev–Trinajstić information content (AvgIpc) is 2.83. The molecule has 0 aliphatic heterocycles. The molecule has 0 saturated carbocycles. The van der Waals surface area contributed by atoms with Crippen molar-refractivity contribution in [3.05, 3.63) is 44.1 Å². The van der Waals surface area contributed by atoms with Gasteiger partial charge in [-0.2, -0.15) is 18.3 Å². The molecule has 0 fully saturated rings. The summed E-state index contributed by atoms with van der Waals surface area (Å²) in [5.41, 5.74) is 0.487. The van der Waals surface area contributed by atoms with E-state index in [2.05, 4.69) is 25.8 Å². The minimum absolute atomic E-state index is 0.0573. The summed E-state index contributed by atoms with van der Waals surface area (Å²) in [5.74, 6) is 0. The highest BCUT2D eigenvalue weighted by atomic mass is 79.9. The van der Waals surface area contributed by atoms with Crippen LogP contribution in [-0.2, 0) is 22.7 Å². The zero-order valence-corrected chi connectivity index (χ0v) is 17.9. The van der Waals surface area contributed by atoms with E-state index in [9.17, 15) is 21.6 Å². The molecule has 27 heavy (non-hydrogen) atoms. The molecule has 2 aromatic rings. The van der Waals surface area contributed by atoms with Crippen molar-refractivity contribution in [3.63, 3.8) is 0 Å². The van der Waals surface area contributed by atoms with Gasteiger partial charge in [-0.15, -0.1) is 0 Å². The number of benzene rings is 1. The second-order valence-corrected chi connectivity index (χ2v) is 9.02. The van der Waals surface area contributed by atoms with Crippen molar-refractivity contribution in [2.75, 3.05) is 6.54 Å². The van der Waals surface area contributed by atoms with Crippen LogP contribution in [0.2, 0.25) is 5.02 Å². The standard InChI is InChI=1S/C16H18BrClF3N3O2S/c1-9-8-13(10(2)7-12(9)18)27(25,26)22-5-4-6-24-11(3)14(17)15(23-24)16(19,20)21/h7-8,22H,4-6H2,1-3H3. The lowest BCUT2D eigenvalue weighted by molar-refractivity contribution is -0.142. The van der Waals surface area contributed by atoms with Crippen molar-refractivity contribution in [1.29, 1.82) is 0 Å². The van der Waals surface area contributed by atoms with Gasteiger partial charge in [-0.3, -0.25) is 4.68 Å². The van der Waals surface area contributed by atoms with Gasteiger partial charge in [0.2, 0.25) is 10.0 Å². The number of hydrogen-bond acceptors (Lipinski definition) is 3. The summed E-state index contributed by atoms with van der Waals surface area (Å²) in [6, 6.07) is 3.07. The van der Waals surface area contributed by atoms with E-state index in [0.29, 0.717) is 21.8 Å². The molecule has 1 heterocycles. The Hall–Kier alpha value is -1.10. The Bertz CT molecular complexity index is 959. The first-order valence-electron chi connectivity index (χ1n) is 7.91. The van der Waals surface area contributed by atoms with Crippen LogP contribution in [0.25, 0.3) is 0 Å². The fraction of sp³-hybridized carbons (Fsp3) is 0.438. The van der Waals surface area contributed by atoms with E-state index in [1.807, 2.05) is 0 Å². The van der Waals surface area contributed by atoms with Gasteiger partial charge in [-0.25, -0.2) is 13.1 Å². The van der Waals surface area contributed by atoms with Crippen LogP contribution in [0.15, 0.2) is 21.5 Å². The third-order valence-electron chi connectivity index (χ3n) is 3.99. The number of sulfonamides is 1. The van der Waals surface area contributed by atoms with Crippen molar-refractivity contribution in [3.8, 4) is 0 Å². The van der Waals surface area contributed by atoms with Gasteiger partial charge in [-0.05, 0) is 66.4 Å². The second kappa shape index (κ2) is 8.10. The normalized spacial score (nSPS) is 12.6. The quantitative estimate of drug-likeness (QED) is 0.604. The molecule has 1 aromatic carbocycles. The van der Waals surface area contributed by atoms with Gasteiger partial charge < -0.3 is 0 Å². The van der Waals surface area contributed by atoms with Crippen molar-refractivity contribution in [2.24, 2.45) is 0 Å². The predicted octanol–water partition coefficient (Wildman–Crippen LogP) is 4.61. The summed E-state index contributed by atoms with van der Waals surface area (Å²) in [4.78, 5) is 0.127. The largest absolute Gasteiger partial charge is 0.436 e. The molecule has 0 spiro atoms. The van der Waals surface area contributed by atoms with Crippen LogP contribution in [0.4, 0.5) is 13.2 Å². The maximum absolute atomic E-state index is 12.9. The number of nitrogens with one attached hydrogen (secondary N) is 1. The smallest absolute Gasteiger partial charge is 0.268 e. The third-order valence-corrected chi connectivity index (χ3v) is 6.95. The van der Waals surface area contributed by atoms with Crippen LogP contribution >= 0.6 is 27.5 Å². The van der Waals surface area contributed by atoms with Crippen LogP contribution in [-0.4, -0.2) is 24.7 Å². The van der Waals surface area contributed by atoms with E-state index in [4.69, 9.17) is 11.6 Å². The average molecular weight is 489 g/mol. The fourth-order valence-electron chi connectivity index (χ4n) is 2.48. The SMILES string of the molecule is Cc1cc(S(=O)(=O)NCCCn2nc(C(F)(F)F)c(Br)c2C)c(C)cc1Cl. The number of aromatic nitrogens is 2. The van der Waals surface area contributed by atoms with Crippen LogP contribution in [0.5, 0.6) is 0 Å². The number of halogens is 5. The maximum Gasteiger partial charge on any atom is 0.436 e.